The Bertz CT molecular complexity index is 563. The smallest absolute Gasteiger partial charge is 0.325 e. The minimum atomic E-state index is -0.897. The van der Waals surface area contributed by atoms with E-state index < -0.39 is 5.97 Å². The highest BCUT2D eigenvalue weighted by Crippen LogP contribution is 2.24. The van der Waals surface area contributed by atoms with Crippen LogP contribution in [0, 0.1) is 6.92 Å². The monoisotopic (exact) mass is 294 g/mol. The van der Waals surface area contributed by atoms with Crippen LogP contribution in [0.2, 0.25) is 0 Å². The number of aromatic nitrogens is 2. The number of rotatable bonds is 3. The molecule has 0 bridgehead atoms. The van der Waals surface area contributed by atoms with Crippen LogP contribution >= 0.6 is 15.9 Å². The molecule has 0 atom stereocenters. The second kappa shape index (κ2) is 4.71. The van der Waals surface area contributed by atoms with Crippen LogP contribution in [-0.4, -0.2) is 20.9 Å². The highest BCUT2D eigenvalue weighted by molar-refractivity contribution is 9.10. The van der Waals surface area contributed by atoms with Gasteiger partial charge in [-0.15, -0.1) is 0 Å². The standard InChI is InChI=1S/C12H11BrN2O2/c1-8-4-9(2-3-11(8)13)10-5-14-15(6-10)7-12(16)17/h2-6H,7H2,1H3,(H,16,17). The van der Waals surface area contributed by atoms with E-state index in [0.717, 1.165) is 21.2 Å². The second-order valence-corrected chi connectivity index (χ2v) is 4.64. The molecule has 0 radical (unpaired) electrons. The summed E-state index contributed by atoms with van der Waals surface area (Å²) in [4.78, 5) is 10.5. The molecule has 0 amide bonds. The van der Waals surface area contributed by atoms with Crippen molar-refractivity contribution in [1.29, 1.82) is 0 Å². The minimum Gasteiger partial charge on any atom is -0.480 e. The maximum Gasteiger partial charge on any atom is 0.325 e. The third-order valence-corrected chi connectivity index (χ3v) is 3.31. The topological polar surface area (TPSA) is 55.1 Å². The number of aryl methyl sites for hydroxylation is 1. The van der Waals surface area contributed by atoms with Crippen molar-refractivity contribution in [2.24, 2.45) is 0 Å². The van der Waals surface area contributed by atoms with E-state index in [1.807, 2.05) is 25.1 Å². The maximum absolute atomic E-state index is 10.5. The van der Waals surface area contributed by atoms with Crippen molar-refractivity contribution in [1.82, 2.24) is 9.78 Å². The quantitative estimate of drug-likeness (QED) is 0.947. The molecule has 0 aliphatic carbocycles. The maximum atomic E-state index is 10.5. The molecular weight excluding hydrogens is 284 g/mol. The van der Waals surface area contributed by atoms with Crippen LogP contribution in [0.4, 0.5) is 0 Å². The Morgan fingerprint density at radius 2 is 2.24 bits per heavy atom. The fourth-order valence-electron chi connectivity index (χ4n) is 1.56. The molecule has 4 nitrogen and oxygen atoms in total. The summed E-state index contributed by atoms with van der Waals surface area (Å²) in [5.74, 6) is -0.897. The van der Waals surface area contributed by atoms with Crippen molar-refractivity contribution in [2.45, 2.75) is 13.5 Å². The van der Waals surface area contributed by atoms with Crippen LogP contribution < -0.4 is 0 Å². The molecule has 0 saturated heterocycles. The van der Waals surface area contributed by atoms with Crippen LogP contribution in [-0.2, 0) is 11.3 Å². The number of carbonyl (C=O) groups is 1. The predicted molar refractivity (Wildman–Crippen MR) is 67.7 cm³/mol. The van der Waals surface area contributed by atoms with Crippen LogP contribution in [0.25, 0.3) is 11.1 Å². The van der Waals surface area contributed by atoms with Gasteiger partial charge < -0.3 is 5.11 Å². The molecule has 88 valence electrons. The van der Waals surface area contributed by atoms with Crippen molar-refractivity contribution in [3.8, 4) is 11.1 Å². The average molecular weight is 295 g/mol. The predicted octanol–water partition coefficient (Wildman–Crippen LogP) is 2.71. The van der Waals surface area contributed by atoms with Crippen LogP contribution in [0.1, 0.15) is 5.56 Å². The average Bonchev–Trinajstić information content (AvgIpc) is 2.69. The zero-order valence-electron chi connectivity index (χ0n) is 9.22. The third-order valence-electron chi connectivity index (χ3n) is 2.42. The van der Waals surface area contributed by atoms with Crippen molar-refractivity contribution >= 4 is 21.9 Å². The van der Waals surface area contributed by atoms with E-state index in [0.29, 0.717) is 0 Å². The number of halogens is 1. The summed E-state index contributed by atoms with van der Waals surface area (Å²) in [6.45, 7) is 1.89. The van der Waals surface area contributed by atoms with Gasteiger partial charge in [-0.3, -0.25) is 9.48 Å². The number of hydrogen-bond acceptors (Lipinski definition) is 2. The van der Waals surface area contributed by atoms with E-state index in [1.165, 1.54) is 4.68 Å². The van der Waals surface area contributed by atoms with E-state index in [1.54, 1.807) is 12.4 Å². The Morgan fingerprint density at radius 1 is 1.47 bits per heavy atom. The molecule has 17 heavy (non-hydrogen) atoms. The molecule has 0 spiro atoms. The lowest BCUT2D eigenvalue weighted by molar-refractivity contribution is -0.137. The summed E-state index contributed by atoms with van der Waals surface area (Å²) in [6.07, 6.45) is 3.41. The van der Waals surface area contributed by atoms with Gasteiger partial charge in [-0.25, -0.2) is 0 Å². The summed E-state index contributed by atoms with van der Waals surface area (Å²) in [6, 6.07) is 5.98. The molecule has 1 aromatic carbocycles. The Morgan fingerprint density at radius 3 is 2.88 bits per heavy atom. The van der Waals surface area contributed by atoms with Gasteiger partial charge in [0.15, 0.2) is 0 Å². The molecule has 0 aliphatic heterocycles. The Labute approximate surface area is 107 Å². The van der Waals surface area contributed by atoms with Gasteiger partial charge in [-0.05, 0) is 24.1 Å². The molecular formula is C12H11BrN2O2. The van der Waals surface area contributed by atoms with E-state index in [4.69, 9.17) is 5.11 Å². The molecule has 0 aliphatic rings. The number of nitrogens with zero attached hydrogens (tertiary/aromatic N) is 2. The summed E-state index contributed by atoms with van der Waals surface area (Å²) in [5.41, 5.74) is 3.08. The van der Waals surface area contributed by atoms with E-state index in [-0.39, 0.29) is 6.54 Å². The number of aliphatic carboxylic acids is 1. The number of carboxylic acids is 1. The number of benzene rings is 1. The molecule has 2 aromatic rings. The van der Waals surface area contributed by atoms with Gasteiger partial charge in [-0.2, -0.15) is 5.10 Å². The Kier molecular flexibility index (Phi) is 3.28. The lowest BCUT2D eigenvalue weighted by atomic mass is 10.1. The molecule has 1 heterocycles. The van der Waals surface area contributed by atoms with Crippen molar-refractivity contribution in [3.05, 3.63) is 40.6 Å². The summed E-state index contributed by atoms with van der Waals surface area (Å²) in [7, 11) is 0. The van der Waals surface area contributed by atoms with E-state index >= 15 is 0 Å². The van der Waals surface area contributed by atoms with Crippen LogP contribution in [0.3, 0.4) is 0 Å². The fourth-order valence-corrected chi connectivity index (χ4v) is 1.81. The van der Waals surface area contributed by atoms with Crippen molar-refractivity contribution < 1.29 is 9.90 Å². The normalized spacial score (nSPS) is 10.5. The van der Waals surface area contributed by atoms with Gasteiger partial charge in [0.25, 0.3) is 0 Å². The first-order chi connectivity index (χ1) is 8.06. The van der Waals surface area contributed by atoms with Gasteiger partial charge in [0, 0.05) is 16.2 Å². The zero-order valence-corrected chi connectivity index (χ0v) is 10.8. The second-order valence-electron chi connectivity index (χ2n) is 3.78. The molecule has 0 fully saturated rings. The lowest BCUT2D eigenvalue weighted by Gasteiger charge is -2.01. The first kappa shape index (κ1) is 11.9. The molecule has 0 unspecified atom stereocenters. The summed E-state index contributed by atoms with van der Waals surface area (Å²) >= 11 is 3.44. The lowest BCUT2D eigenvalue weighted by Crippen LogP contribution is -2.08. The van der Waals surface area contributed by atoms with E-state index in [2.05, 4.69) is 21.0 Å². The first-order valence-electron chi connectivity index (χ1n) is 5.07. The summed E-state index contributed by atoms with van der Waals surface area (Å²) < 4.78 is 2.47. The molecule has 0 saturated carbocycles. The molecule has 5 heteroatoms. The first-order valence-corrected chi connectivity index (χ1v) is 5.86. The fraction of sp³-hybridized carbons (Fsp3) is 0.167. The van der Waals surface area contributed by atoms with Crippen LogP contribution in [0.15, 0.2) is 35.1 Å². The number of hydrogen-bond donors (Lipinski definition) is 1. The zero-order chi connectivity index (χ0) is 12.4. The van der Waals surface area contributed by atoms with Gasteiger partial charge in [0.1, 0.15) is 6.54 Å². The number of carboxylic acid groups (broad SMARTS) is 1. The summed E-state index contributed by atoms with van der Waals surface area (Å²) in [5, 5.41) is 12.7. The third kappa shape index (κ3) is 2.74. The highest BCUT2D eigenvalue weighted by atomic mass is 79.9. The highest BCUT2D eigenvalue weighted by Gasteiger charge is 2.05. The Hall–Kier alpha value is -1.62. The molecule has 1 N–H and O–H groups in total. The van der Waals surface area contributed by atoms with Gasteiger partial charge >= 0.3 is 5.97 Å². The van der Waals surface area contributed by atoms with Gasteiger partial charge in [0.05, 0.1) is 6.20 Å². The van der Waals surface area contributed by atoms with Crippen molar-refractivity contribution in [2.75, 3.05) is 0 Å². The van der Waals surface area contributed by atoms with Crippen LogP contribution in [0.5, 0.6) is 0 Å². The van der Waals surface area contributed by atoms with Gasteiger partial charge in [-0.1, -0.05) is 28.1 Å². The Balaban J connectivity index is 2.30. The van der Waals surface area contributed by atoms with Crippen molar-refractivity contribution in [3.63, 3.8) is 0 Å². The van der Waals surface area contributed by atoms with E-state index in [9.17, 15) is 4.79 Å². The van der Waals surface area contributed by atoms with Gasteiger partial charge in [0.2, 0.25) is 0 Å². The minimum absolute atomic E-state index is 0.116. The largest absolute Gasteiger partial charge is 0.480 e. The molecule has 2 rings (SSSR count). The molecule has 1 aromatic heterocycles. The SMILES string of the molecule is Cc1cc(-c2cnn(CC(=O)O)c2)ccc1Br.